The number of nitriles is 1. The number of aromatic nitrogens is 1. The van der Waals surface area contributed by atoms with Gasteiger partial charge in [-0.05, 0) is 79.8 Å². The fraction of sp³-hybridized carbons (Fsp3) is 0.214. The second-order valence-electron chi connectivity index (χ2n) is 8.80. The van der Waals surface area contributed by atoms with E-state index in [1.807, 2.05) is 6.07 Å². The molecule has 0 bridgehead atoms. The maximum absolute atomic E-state index is 13.8. The van der Waals surface area contributed by atoms with Crippen LogP contribution in [0.2, 0.25) is 0 Å². The number of fused-ring (bicyclic) bond motifs is 1. The molecule has 1 heterocycles. The Labute approximate surface area is 196 Å². The van der Waals surface area contributed by atoms with E-state index >= 15 is 0 Å². The summed E-state index contributed by atoms with van der Waals surface area (Å²) in [6.45, 7) is 0. The van der Waals surface area contributed by atoms with Crippen LogP contribution in [0.3, 0.4) is 0 Å². The number of nitrogens with zero attached hydrogens (tertiary/aromatic N) is 2. The minimum absolute atomic E-state index is 0.0339. The molecule has 0 atom stereocenters. The van der Waals surface area contributed by atoms with E-state index in [2.05, 4.69) is 10.6 Å². The number of carbonyl (C=O) groups is 1. The van der Waals surface area contributed by atoms with Crippen LogP contribution in [0.5, 0.6) is 5.75 Å². The molecule has 4 aromatic rings. The van der Waals surface area contributed by atoms with Gasteiger partial charge in [0.25, 0.3) is 0 Å². The molecule has 1 aliphatic rings. The highest BCUT2D eigenvalue weighted by atomic mass is 19.1. The molecule has 1 saturated carbocycles. The van der Waals surface area contributed by atoms with Gasteiger partial charge in [0.05, 0.1) is 17.1 Å². The standard InChI is InChI=1S/C28H23FN2O3/c29-21-12-14-22(15-13-21)31-23-2-1-3-24(32)26(23)25(18-8-10-20(11-9-18)28(33)34)27(31)19-6-4-17(16-30)5-7-19/h1-3,8-15,17,19,32H,4-7H2,(H,33,34)/t17-,19-. The van der Waals surface area contributed by atoms with Crippen molar-refractivity contribution < 1.29 is 19.4 Å². The lowest BCUT2D eigenvalue weighted by atomic mass is 9.79. The molecule has 0 saturated heterocycles. The molecule has 0 unspecified atom stereocenters. The largest absolute Gasteiger partial charge is 0.507 e. The average Bonchev–Trinajstić information content (AvgIpc) is 3.21. The van der Waals surface area contributed by atoms with Crippen molar-refractivity contribution in [1.82, 2.24) is 4.57 Å². The number of halogens is 1. The van der Waals surface area contributed by atoms with E-state index < -0.39 is 5.97 Å². The molecule has 6 heteroatoms. The van der Waals surface area contributed by atoms with Crippen LogP contribution in [0.4, 0.5) is 4.39 Å². The predicted octanol–water partition coefficient (Wildman–Crippen LogP) is 6.64. The number of benzene rings is 3. The van der Waals surface area contributed by atoms with E-state index in [4.69, 9.17) is 0 Å². The van der Waals surface area contributed by atoms with Gasteiger partial charge in [-0.2, -0.15) is 5.26 Å². The van der Waals surface area contributed by atoms with Crippen molar-refractivity contribution in [1.29, 1.82) is 5.26 Å². The van der Waals surface area contributed by atoms with Crippen LogP contribution < -0.4 is 0 Å². The number of hydrogen-bond donors (Lipinski definition) is 2. The van der Waals surface area contributed by atoms with Gasteiger partial charge in [-0.3, -0.25) is 0 Å². The fourth-order valence-electron chi connectivity index (χ4n) is 5.16. The van der Waals surface area contributed by atoms with Gasteiger partial charge < -0.3 is 14.8 Å². The average molecular weight is 455 g/mol. The Morgan fingerprint density at radius 2 is 1.65 bits per heavy atom. The summed E-state index contributed by atoms with van der Waals surface area (Å²) in [6.07, 6.45) is 3.21. The maximum atomic E-state index is 13.8. The number of aromatic hydroxyl groups is 1. The molecule has 170 valence electrons. The van der Waals surface area contributed by atoms with Gasteiger partial charge in [0, 0.05) is 34.2 Å². The van der Waals surface area contributed by atoms with E-state index in [9.17, 15) is 24.7 Å². The number of phenolic OH excluding ortho intramolecular Hbond substituents is 1. The fourth-order valence-corrected chi connectivity index (χ4v) is 5.16. The highest BCUT2D eigenvalue weighted by Crippen LogP contribution is 2.48. The lowest BCUT2D eigenvalue weighted by Gasteiger charge is -2.27. The molecule has 1 aliphatic carbocycles. The molecular formula is C28H23FN2O3. The number of carboxylic acids is 1. The summed E-state index contributed by atoms with van der Waals surface area (Å²) in [4.78, 5) is 11.4. The maximum Gasteiger partial charge on any atom is 0.335 e. The first-order valence-corrected chi connectivity index (χ1v) is 11.3. The summed E-state index contributed by atoms with van der Waals surface area (Å²) in [5.74, 6) is -1.05. The SMILES string of the molecule is N#C[C@H]1CC[C@H](c2c(-c3ccc(C(=O)O)cc3)c3c(O)cccc3n2-c2ccc(F)cc2)CC1. The highest BCUT2D eigenvalue weighted by molar-refractivity contribution is 6.03. The van der Waals surface area contributed by atoms with E-state index in [1.54, 1.807) is 48.5 Å². The van der Waals surface area contributed by atoms with Gasteiger partial charge in [-0.15, -0.1) is 0 Å². The molecule has 2 N–H and O–H groups in total. The third-order valence-corrected chi connectivity index (χ3v) is 6.81. The summed E-state index contributed by atoms with van der Waals surface area (Å²) < 4.78 is 15.8. The second kappa shape index (κ2) is 8.68. The van der Waals surface area contributed by atoms with Crippen LogP contribution in [0.15, 0.2) is 66.7 Å². The van der Waals surface area contributed by atoms with Crippen LogP contribution in [-0.4, -0.2) is 20.7 Å². The quantitative estimate of drug-likeness (QED) is 0.362. The first kappa shape index (κ1) is 21.7. The summed E-state index contributed by atoms with van der Waals surface area (Å²) >= 11 is 0. The molecule has 0 aliphatic heterocycles. The van der Waals surface area contributed by atoms with Gasteiger partial charge in [-0.1, -0.05) is 18.2 Å². The van der Waals surface area contributed by atoms with E-state index in [-0.39, 0.29) is 29.0 Å². The van der Waals surface area contributed by atoms with Crippen LogP contribution in [0.25, 0.3) is 27.7 Å². The first-order valence-electron chi connectivity index (χ1n) is 11.3. The summed E-state index contributed by atoms with van der Waals surface area (Å²) in [6, 6.07) is 20.7. The van der Waals surface area contributed by atoms with Gasteiger partial charge in [-0.25, -0.2) is 9.18 Å². The second-order valence-corrected chi connectivity index (χ2v) is 8.80. The lowest BCUT2D eigenvalue weighted by Crippen LogP contribution is -2.15. The van der Waals surface area contributed by atoms with Crippen molar-refractivity contribution in [2.24, 2.45) is 5.92 Å². The van der Waals surface area contributed by atoms with Crippen molar-refractivity contribution in [3.05, 3.63) is 83.8 Å². The molecule has 0 radical (unpaired) electrons. The van der Waals surface area contributed by atoms with Crippen LogP contribution in [0.1, 0.15) is 47.7 Å². The van der Waals surface area contributed by atoms with Crippen LogP contribution in [0, 0.1) is 23.1 Å². The van der Waals surface area contributed by atoms with Gasteiger partial charge in [0.2, 0.25) is 0 Å². The topological polar surface area (TPSA) is 86.2 Å². The lowest BCUT2D eigenvalue weighted by molar-refractivity contribution is 0.0697. The van der Waals surface area contributed by atoms with Crippen molar-refractivity contribution in [2.45, 2.75) is 31.6 Å². The molecule has 3 aromatic carbocycles. The number of phenols is 1. The summed E-state index contributed by atoms with van der Waals surface area (Å²) in [5, 5.41) is 30.4. The van der Waals surface area contributed by atoms with Gasteiger partial charge in [0.1, 0.15) is 11.6 Å². The normalized spacial score (nSPS) is 18.0. The van der Waals surface area contributed by atoms with Crippen molar-refractivity contribution in [2.75, 3.05) is 0 Å². The molecule has 1 fully saturated rings. The van der Waals surface area contributed by atoms with E-state index in [0.717, 1.165) is 53.7 Å². The van der Waals surface area contributed by atoms with Crippen LogP contribution in [-0.2, 0) is 0 Å². The minimum atomic E-state index is -1.00. The number of carboxylic acid groups (broad SMARTS) is 1. The molecule has 34 heavy (non-hydrogen) atoms. The predicted molar refractivity (Wildman–Crippen MR) is 128 cm³/mol. The third-order valence-electron chi connectivity index (χ3n) is 6.81. The highest BCUT2D eigenvalue weighted by Gasteiger charge is 2.31. The van der Waals surface area contributed by atoms with Gasteiger partial charge >= 0.3 is 5.97 Å². The number of aromatic carboxylic acids is 1. The molecule has 0 spiro atoms. The number of rotatable bonds is 4. The number of hydrogen-bond acceptors (Lipinski definition) is 3. The molecule has 5 rings (SSSR count). The molecule has 1 aromatic heterocycles. The Morgan fingerprint density at radius 3 is 2.26 bits per heavy atom. The summed E-state index contributed by atoms with van der Waals surface area (Å²) in [5.41, 5.74) is 4.39. The molecule has 0 amide bonds. The smallest absolute Gasteiger partial charge is 0.335 e. The monoisotopic (exact) mass is 454 g/mol. The van der Waals surface area contributed by atoms with Crippen molar-refractivity contribution in [3.8, 4) is 28.6 Å². The van der Waals surface area contributed by atoms with Gasteiger partial charge in [0.15, 0.2) is 0 Å². The first-order chi connectivity index (χ1) is 16.5. The van der Waals surface area contributed by atoms with Crippen molar-refractivity contribution in [3.63, 3.8) is 0 Å². The molecular weight excluding hydrogens is 431 g/mol. The Bertz CT molecular complexity index is 1410. The van der Waals surface area contributed by atoms with Crippen LogP contribution >= 0.6 is 0 Å². The Kier molecular flexibility index (Phi) is 5.54. The van der Waals surface area contributed by atoms with E-state index in [1.165, 1.54) is 12.1 Å². The Morgan fingerprint density at radius 1 is 0.971 bits per heavy atom. The van der Waals surface area contributed by atoms with Crippen molar-refractivity contribution >= 4 is 16.9 Å². The third kappa shape index (κ3) is 3.69. The zero-order valence-electron chi connectivity index (χ0n) is 18.4. The zero-order valence-corrected chi connectivity index (χ0v) is 18.4. The zero-order chi connectivity index (χ0) is 23.8. The Hall–Kier alpha value is -4.11. The molecule has 5 nitrogen and oxygen atoms in total. The Balaban J connectivity index is 1.81. The van der Waals surface area contributed by atoms with E-state index in [0.29, 0.717) is 5.39 Å². The summed E-state index contributed by atoms with van der Waals surface area (Å²) in [7, 11) is 0. The minimum Gasteiger partial charge on any atom is -0.507 e.